The van der Waals surface area contributed by atoms with Crippen LogP contribution in [0.3, 0.4) is 0 Å². The summed E-state index contributed by atoms with van der Waals surface area (Å²) in [5.74, 6) is 0.312. The van der Waals surface area contributed by atoms with Crippen LogP contribution in [-0.4, -0.2) is 23.2 Å². The van der Waals surface area contributed by atoms with E-state index in [9.17, 15) is 9.90 Å². The first-order valence-electron chi connectivity index (χ1n) is 9.47. The molecule has 0 saturated carbocycles. The summed E-state index contributed by atoms with van der Waals surface area (Å²) in [5, 5.41) is 19.5. The third-order valence-electron chi connectivity index (χ3n) is 5.47. The lowest BCUT2D eigenvalue weighted by atomic mass is 9.90. The number of aryl methyl sites for hydroxylation is 2. The Morgan fingerprint density at radius 1 is 1.37 bits per heavy atom. The van der Waals surface area contributed by atoms with Gasteiger partial charge in [0.15, 0.2) is 0 Å². The summed E-state index contributed by atoms with van der Waals surface area (Å²) in [4.78, 5) is 16.1. The highest BCUT2D eigenvalue weighted by molar-refractivity contribution is 7.10. The van der Waals surface area contributed by atoms with Crippen molar-refractivity contribution in [1.82, 2.24) is 15.6 Å². The van der Waals surface area contributed by atoms with E-state index in [1.165, 1.54) is 0 Å². The van der Waals surface area contributed by atoms with Crippen molar-refractivity contribution >= 4 is 17.0 Å². The van der Waals surface area contributed by atoms with Crippen molar-refractivity contribution in [2.45, 2.75) is 46.3 Å². The van der Waals surface area contributed by atoms with Gasteiger partial charge >= 0.3 is 0 Å². The number of thiophene rings is 1. The molecule has 2 aromatic heterocycles. The molecule has 146 valence electrons. The fourth-order valence-electron chi connectivity index (χ4n) is 3.79. The zero-order valence-corrected chi connectivity index (χ0v) is 17.1. The fourth-order valence-corrected chi connectivity index (χ4v) is 4.97. The molecular formula is C21H29N3O2S. The molecule has 0 amide bonds. The van der Waals surface area contributed by atoms with E-state index < -0.39 is 6.10 Å². The SMILES string of the molecule is C=C(NCc1c(C)cc(C)[nH]c1=O)c1csc(C(O)C2CCNCC2)c1C. The molecule has 0 bridgehead atoms. The molecule has 0 radical (unpaired) electrons. The highest BCUT2D eigenvalue weighted by atomic mass is 32.1. The first-order valence-corrected chi connectivity index (χ1v) is 10.4. The van der Waals surface area contributed by atoms with Gasteiger partial charge in [-0.2, -0.15) is 0 Å². The zero-order chi connectivity index (χ0) is 19.6. The molecule has 3 heterocycles. The predicted molar refractivity (Wildman–Crippen MR) is 112 cm³/mol. The van der Waals surface area contributed by atoms with Crippen molar-refractivity contribution in [2.75, 3.05) is 13.1 Å². The van der Waals surface area contributed by atoms with Crippen molar-refractivity contribution in [3.8, 4) is 0 Å². The molecule has 1 fully saturated rings. The third-order valence-corrected chi connectivity index (χ3v) is 6.63. The van der Waals surface area contributed by atoms with Crippen LogP contribution < -0.4 is 16.2 Å². The average Bonchev–Trinajstić information content (AvgIpc) is 3.02. The van der Waals surface area contributed by atoms with Crippen LogP contribution >= 0.6 is 11.3 Å². The van der Waals surface area contributed by atoms with E-state index >= 15 is 0 Å². The Balaban J connectivity index is 1.71. The van der Waals surface area contributed by atoms with Crippen molar-refractivity contribution in [3.63, 3.8) is 0 Å². The van der Waals surface area contributed by atoms with Gasteiger partial charge in [-0.15, -0.1) is 11.3 Å². The lowest BCUT2D eigenvalue weighted by molar-refractivity contribution is 0.0915. The summed E-state index contributed by atoms with van der Waals surface area (Å²) in [6.45, 7) is 12.4. The summed E-state index contributed by atoms with van der Waals surface area (Å²) in [5.41, 5.74) is 5.39. The van der Waals surface area contributed by atoms with Crippen LogP contribution in [0.25, 0.3) is 5.70 Å². The Morgan fingerprint density at radius 2 is 2.07 bits per heavy atom. The minimum Gasteiger partial charge on any atom is -0.387 e. The number of rotatable bonds is 6. The zero-order valence-electron chi connectivity index (χ0n) is 16.3. The van der Waals surface area contributed by atoms with Crippen LogP contribution in [-0.2, 0) is 6.54 Å². The van der Waals surface area contributed by atoms with Crippen LogP contribution in [0.5, 0.6) is 0 Å². The Hall–Kier alpha value is -1.89. The summed E-state index contributed by atoms with van der Waals surface area (Å²) < 4.78 is 0. The van der Waals surface area contributed by atoms with E-state index in [2.05, 4.69) is 27.6 Å². The number of aliphatic hydroxyl groups excluding tert-OH is 1. The first kappa shape index (κ1) is 19.9. The molecule has 2 aromatic rings. The number of aliphatic hydroxyl groups is 1. The van der Waals surface area contributed by atoms with Crippen LogP contribution in [0.2, 0.25) is 0 Å². The molecule has 0 aromatic carbocycles. The summed E-state index contributed by atoms with van der Waals surface area (Å²) in [7, 11) is 0. The monoisotopic (exact) mass is 387 g/mol. The quantitative estimate of drug-likeness (QED) is 0.614. The minimum atomic E-state index is -0.416. The van der Waals surface area contributed by atoms with Gasteiger partial charge in [0.2, 0.25) is 0 Å². The Labute approximate surface area is 164 Å². The fraction of sp³-hybridized carbons (Fsp3) is 0.476. The second-order valence-electron chi connectivity index (χ2n) is 7.45. The number of nitrogens with one attached hydrogen (secondary N) is 3. The summed E-state index contributed by atoms with van der Waals surface area (Å²) in [6, 6.07) is 1.98. The number of aromatic nitrogens is 1. The smallest absolute Gasteiger partial charge is 0.253 e. The maximum Gasteiger partial charge on any atom is 0.253 e. The van der Waals surface area contributed by atoms with E-state index in [0.29, 0.717) is 12.5 Å². The van der Waals surface area contributed by atoms with E-state index in [0.717, 1.165) is 64.5 Å². The van der Waals surface area contributed by atoms with Crippen LogP contribution in [0.15, 0.2) is 22.8 Å². The second kappa shape index (κ2) is 8.42. The third kappa shape index (κ3) is 4.34. The molecule has 1 aliphatic heterocycles. The highest BCUT2D eigenvalue weighted by Crippen LogP contribution is 2.37. The molecule has 1 aliphatic rings. The number of piperidine rings is 1. The molecule has 0 spiro atoms. The van der Waals surface area contributed by atoms with Gasteiger partial charge in [0.1, 0.15) is 0 Å². The highest BCUT2D eigenvalue weighted by Gasteiger charge is 2.26. The van der Waals surface area contributed by atoms with Gasteiger partial charge in [-0.05, 0) is 69.8 Å². The molecule has 4 N–H and O–H groups in total. The lowest BCUT2D eigenvalue weighted by Gasteiger charge is -2.27. The number of hydrogen-bond acceptors (Lipinski definition) is 5. The van der Waals surface area contributed by atoms with Gasteiger partial charge in [0.25, 0.3) is 5.56 Å². The second-order valence-corrected chi connectivity index (χ2v) is 8.36. The van der Waals surface area contributed by atoms with Gasteiger partial charge < -0.3 is 20.7 Å². The lowest BCUT2D eigenvalue weighted by Crippen LogP contribution is -2.30. The molecule has 6 heteroatoms. The normalized spacial score (nSPS) is 16.3. The van der Waals surface area contributed by atoms with Crippen molar-refractivity contribution in [2.24, 2.45) is 5.92 Å². The Kier molecular flexibility index (Phi) is 6.19. The Morgan fingerprint density at radius 3 is 2.74 bits per heavy atom. The van der Waals surface area contributed by atoms with Crippen molar-refractivity contribution in [1.29, 1.82) is 0 Å². The van der Waals surface area contributed by atoms with Gasteiger partial charge in [-0.25, -0.2) is 0 Å². The van der Waals surface area contributed by atoms with Crippen LogP contribution in [0.1, 0.15) is 51.8 Å². The average molecular weight is 388 g/mol. The van der Waals surface area contributed by atoms with Crippen molar-refractivity contribution < 1.29 is 5.11 Å². The molecule has 0 aliphatic carbocycles. The van der Waals surface area contributed by atoms with Crippen molar-refractivity contribution in [3.05, 3.63) is 61.2 Å². The maximum atomic E-state index is 12.2. The van der Waals surface area contributed by atoms with Gasteiger partial charge in [-0.3, -0.25) is 4.79 Å². The van der Waals surface area contributed by atoms with E-state index in [-0.39, 0.29) is 5.56 Å². The molecule has 1 unspecified atom stereocenters. The summed E-state index contributed by atoms with van der Waals surface area (Å²) in [6.07, 6.45) is 1.59. The molecule has 1 atom stereocenters. The standard InChI is InChI=1S/C21H29N3O2S/c1-12-9-13(2)24-21(26)17(12)10-23-15(4)18-11-27-20(14(18)3)19(25)16-5-7-22-8-6-16/h9,11,16,19,22-23,25H,4-8,10H2,1-3H3,(H,24,26). The van der Waals surface area contributed by atoms with E-state index in [1.54, 1.807) is 11.3 Å². The molecule has 5 nitrogen and oxygen atoms in total. The van der Waals surface area contributed by atoms with Gasteiger partial charge in [0, 0.05) is 39.3 Å². The first-order chi connectivity index (χ1) is 12.9. The predicted octanol–water partition coefficient (Wildman–Crippen LogP) is 3.16. The summed E-state index contributed by atoms with van der Waals surface area (Å²) >= 11 is 1.60. The molecule has 1 saturated heterocycles. The Bertz CT molecular complexity index is 878. The largest absolute Gasteiger partial charge is 0.387 e. The molecule has 3 rings (SSSR count). The number of H-pyrrole nitrogens is 1. The topological polar surface area (TPSA) is 77.2 Å². The molecular weight excluding hydrogens is 358 g/mol. The van der Waals surface area contributed by atoms with E-state index in [1.807, 2.05) is 26.8 Å². The maximum absolute atomic E-state index is 12.2. The molecule has 27 heavy (non-hydrogen) atoms. The van der Waals surface area contributed by atoms with Crippen LogP contribution in [0.4, 0.5) is 0 Å². The van der Waals surface area contributed by atoms with E-state index in [4.69, 9.17) is 0 Å². The van der Waals surface area contributed by atoms with Gasteiger partial charge in [-0.1, -0.05) is 6.58 Å². The number of pyridine rings is 1. The minimum absolute atomic E-state index is 0.0585. The number of hydrogen-bond donors (Lipinski definition) is 4. The van der Waals surface area contributed by atoms with Gasteiger partial charge in [0.05, 0.1) is 6.10 Å². The van der Waals surface area contributed by atoms with Crippen LogP contribution in [0, 0.1) is 26.7 Å². The number of aromatic amines is 1.